The average molecular weight is 300 g/mol. The molecule has 0 radical (unpaired) electrons. The zero-order valence-electron chi connectivity index (χ0n) is 14.4. The van der Waals surface area contributed by atoms with Crippen LogP contribution in [0.25, 0.3) is 0 Å². The van der Waals surface area contributed by atoms with Gasteiger partial charge in [-0.3, -0.25) is 4.79 Å². The van der Waals surface area contributed by atoms with Gasteiger partial charge in [0.05, 0.1) is 6.10 Å². The first kappa shape index (κ1) is 18.4. The van der Waals surface area contributed by atoms with Crippen molar-refractivity contribution in [2.24, 2.45) is 5.41 Å². The molecular formula is C20H28O2. The van der Waals surface area contributed by atoms with Crippen molar-refractivity contribution in [2.45, 2.75) is 53.6 Å². The van der Waals surface area contributed by atoms with Crippen LogP contribution in [0.1, 0.15) is 47.5 Å². The van der Waals surface area contributed by atoms with Gasteiger partial charge in [-0.05, 0) is 56.3 Å². The SMILES string of the molecule is CC(C=CC1=C(C)CC(O)CC1(C)C)=CC=C/C(C)=C\C=O. The second-order valence-electron chi connectivity index (χ2n) is 6.79. The number of carbonyl (C=O) groups is 1. The average Bonchev–Trinajstić information content (AvgIpc) is 2.36. The lowest BCUT2D eigenvalue weighted by Crippen LogP contribution is -2.28. The van der Waals surface area contributed by atoms with Gasteiger partial charge in [0.1, 0.15) is 6.29 Å². The molecule has 0 amide bonds. The first-order valence-electron chi connectivity index (χ1n) is 7.79. The van der Waals surface area contributed by atoms with E-state index in [4.69, 9.17) is 0 Å². The molecule has 0 aromatic carbocycles. The highest BCUT2D eigenvalue weighted by molar-refractivity contribution is 5.66. The summed E-state index contributed by atoms with van der Waals surface area (Å²) in [5, 5.41) is 9.91. The Morgan fingerprint density at radius 2 is 1.82 bits per heavy atom. The summed E-state index contributed by atoms with van der Waals surface area (Å²) in [4.78, 5) is 10.3. The van der Waals surface area contributed by atoms with Crippen LogP contribution in [0, 0.1) is 5.41 Å². The number of hydrogen-bond acceptors (Lipinski definition) is 2. The third-order valence-corrected chi connectivity index (χ3v) is 4.04. The second kappa shape index (κ2) is 8.09. The van der Waals surface area contributed by atoms with Crippen molar-refractivity contribution in [1.82, 2.24) is 0 Å². The van der Waals surface area contributed by atoms with Gasteiger partial charge >= 0.3 is 0 Å². The van der Waals surface area contributed by atoms with Crippen LogP contribution in [0.4, 0.5) is 0 Å². The molecule has 0 aromatic rings. The lowest BCUT2D eigenvalue weighted by molar-refractivity contribution is -0.104. The first-order chi connectivity index (χ1) is 10.3. The van der Waals surface area contributed by atoms with Crippen LogP contribution in [0.2, 0.25) is 0 Å². The third kappa shape index (κ3) is 5.61. The fraction of sp³-hybridized carbons (Fsp3) is 0.450. The molecule has 0 bridgehead atoms. The number of rotatable bonds is 5. The summed E-state index contributed by atoms with van der Waals surface area (Å²) in [5.74, 6) is 0. The molecule has 22 heavy (non-hydrogen) atoms. The molecule has 2 nitrogen and oxygen atoms in total. The summed E-state index contributed by atoms with van der Waals surface area (Å²) in [6.45, 7) is 10.4. The number of allylic oxidation sites excluding steroid dienone is 9. The Kier molecular flexibility index (Phi) is 6.76. The van der Waals surface area contributed by atoms with E-state index in [1.807, 2.05) is 25.2 Å². The third-order valence-electron chi connectivity index (χ3n) is 4.04. The zero-order valence-corrected chi connectivity index (χ0v) is 14.4. The lowest BCUT2D eigenvalue weighted by Gasteiger charge is -2.35. The summed E-state index contributed by atoms with van der Waals surface area (Å²) < 4.78 is 0. The molecule has 1 rings (SSSR count). The molecule has 0 aliphatic heterocycles. The lowest BCUT2D eigenvalue weighted by atomic mass is 9.71. The summed E-state index contributed by atoms with van der Waals surface area (Å²) >= 11 is 0. The van der Waals surface area contributed by atoms with E-state index >= 15 is 0 Å². The van der Waals surface area contributed by atoms with E-state index in [1.165, 1.54) is 11.1 Å². The highest BCUT2D eigenvalue weighted by Crippen LogP contribution is 2.40. The van der Waals surface area contributed by atoms with Crippen molar-refractivity contribution in [3.63, 3.8) is 0 Å². The zero-order chi connectivity index (χ0) is 16.8. The number of aldehydes is 1. The van der Waals surface area contributed by atoms with Gasteiger partial charge in [-0.1, -0.05) is 55.4 Å². The Morgan fingerprint density at radius 3 is 2.41 bits per heavy atom. The highest BCUT2D eigenvalue weighted by Gasteiger charge is 2.31. The van der Waals surface area contributed by atoms with Gasteiger partial charge in [-0.15, -0.1) is 0 Å². The van der Waals surface area contributed by atoms with Gasteiger partial charge in [0, 0.05) is 0 Å². The van der Waals surface area contributed by atoms with Gasteiger partial charge < -0.3 is 5.11 Å². The fourth-order valence-electron chi connectivity index (χ4n) is 2.96. The molecule has 0 saturated carbocycles. The normalized spacial score (nSPS) is 23.6. The van der Waals surface area contributed by atoms with Crippen molar-refractivity contribution in [2.75, 3.05) is 0 Å². The van der Waals surface area contributed by atoms with Gasteiger partial charge in [-0.2, -0.15) is 0 Å². The van der Waals surface area contributed by atoms with E-state index in [-0.39, 0.29) is 11.5 Å². The first-order valence-corrected chi connectivity index (χ1v) is 7.79. The fourth-order valence-corrected chi connectivity index (χ4v) is 2.96. The van der Waals surface area contributed by atoms with Gasteiger partial charge in [-0.25, -0.2) is 0 Å². The van der Waals surface area contributed by atoms with Crippen molar-refractivity contribution in [3.8, 4) is 0 Å². The molecule has 1 N–H and O–H groups in total. The van der Waals surface area contributed by atoms with Crippen molar-refractivity contribution >= 4 is 6.29 Å². The maximum absolute atomic E-state index is 10.3. The standard InChI is InChI=1S/C20H28O2/c1-15(7-6-8-16(2)11-12-21)9-10-19-17(3)13-18(22)14-20(19,4)5/h6-12,18,22H,13-14H2,1-5H3/b8-6?,10-9?,15-7?,16-11-. The van der Waals surface area contributed by atoms with Gasteiger partial charge in [0.2, 0.25) is 0 Å². The van der Waals surface area contributed by atoms with Crippen LogP contribution in [0.5, 0.6) is 0 Å². The van der Waals surface area contributed by atoms with Crippen LogP contribution < -0.4 is 0 Å². The Hall–Kier alpha value is -1.67. The molecule has 0 spiro atoms. The summed E-state index contributed by atoms with van der Waals surface area (Å²) in [5.41, 5.74) is 4.69. The number of carbonyl (C=O) groups excluding carboxylic acids is 1. The van der Waals surface area contributed by atoms with E-state index < -0.39 is 0 Å². The van der Waals surface area contributed by atoms with Crippen LogP contribution in [0.15, 0.2) is 58.7 Å². The molecule has 0 saturated heterocycles. The van der Waals surface area contributed by atoms with Gasteiger partial charge in [0.25, 0.3) is 0 Å². The van der Waals surface area contributed by atoms with Gasteiger partial charge in [0.15, 0.2) is 0 Å². The molecule has 1 atom stereocenters. The Morgan fingerprint density at radius 1 is 1.18 bits per heavy atom. The highest BCUT2D eigenvalue weighted by atomic mass is 16.3. The number of aliphatic hydroxyl groups excluding tert-OH is 1. The Balaban J connectivity index is 2.84. The van der Waals surface area contributed by atoms with E-state index in [9.17, 15) is 9.90 Å². The smallest absolute Gasteiger partial charge is 0.143 e. The van der Waals surface area contributed by atoms with Crippen LogP contribution in [-0.4, -0.2) is 17.5 Å². The molecule has 120 valence electrons. The minimum Gasteiger partial charge on any atom is -0.393 e. The predicted octanol–water partition coefficient (Wildman–Crippen LogP) is 4.69. The van der Waals surface area contributed by atoms with E-state index in [0.29, 0.717) is 0 Å². The molecule has 1 aliphatic rings. The molecule has 1 aliphatic carbocycles. The van der Waals surface area contributed by atoms with E-state index in [2.05, 4.69) is 39.8 Å². The summed E-state index contributed by atoms with van der Waals surface area (Å²) in [6.07, 6.45) is 13.9. The minimum absolute atomic E-state index is 0.0116. The molecular weight excluding hydrogens is 272 g/mol. The summed E-state index contributed by atoms with van der Waals surface area (Å²) in [7, 11) is 0. The van der Waals surface area contributed by atoms with Crippen LogP contribution >= 0.6 is 0 Å². The second-order valence-corrected chi connectivity index (χ2v) is 6.79. The molecule has 0 fully saturated rings. The Bertz CT molecular complexity index is 554. The molecule has 2 heteroatoms. The summed E-state index contributed by atoms with van der Waals surface area (Å²) in [6, 6.07) is 0. The maximum Gasteiger partial charge on any atom is 0.143 e. The number of hydrogen-bond donors (Lipinski definition) is 1. The molecule has 1 unspecified atom stereocenters. The topological polar surface area (TPSA) is 37.3 Å². The van der Waals surface area contributed by atoms with Crippen LogP contribution in [0.3, 0.4) is 0 Å². The minimum atomic E-state index is -0.223. The van der Waals surface area contributed by atoms with Crippen molar-refractivity contribution < 1.29 is 9.90 Å². The monoisotopic (exact) mass is 300 g/mol. The number of aliphatic hydroxyl groups is 1. The maximum atomic E-state index is 10.3. The van der Waals surface area contributed by atoms with E-state index in [1.54, 1.807) is 6.08 Å². The Labute approximate surface area is 134 Å². The van der Waals surface area contributed by atoms with Crippen molar-refractivity contribution in [1.29, 1.82) is 0 Å². The van der Waals surface area contributed by atoms with Crippen molar-refractivity contribution in [3.05, 3.63) is 58.7 Å². The largest absolute Gasteiger partial charge is 0.393 e. The van der Waals surface area contributed by atoms with E-state index in [0.717, 1.165) is 30.3 Å². The quantitative estimate of drug-likeness (QED) is 0.454. The predicted molar refractivity (Wildman–Crippen MR) is 93.6 cm³/mol. The van der Waals surface area contributed by atoms with Crippen LogP contribution in [-0.2, 0) is 4.79 Å². The molecule has 0 aromatic heterocycles. The molecule has 0 heterocycles.